The second-order valence-electron chi connectivity index (χ2n) is 8.45. The van der Waals surface area contributed by atoms with Crippen LogP contribution in [0.3, 0.4) is 0 Å². The van der Waals surface area contributed by atoms with Gasteiger partial charge < -0.3 is 9.32 Å². The fourth-order valence-electron chi connectivity index (χ4n) is 4.33. The number of anilines is 1. The number of urea groups is 1. The third-order valence-electron chi connectivity index (χ3n) is 6.17. The van der Waals surface area contributed by atoms with Crippen LogP contribution in [0.5, 0.6) is 0 Å². The Balaban J connectivity index is 1.50. The summed E-state index contributed by atoms with van der Waals surface area (Å²) in [5.41, 5.74) is 1.91. The molecule has 1 aliphatic rings. The average Bonchev–Trinajstić information content (AvgIpc) is 3.51. The molecule has 1 fully saturated rings. The molecule has 4 aromatic rings. The average molecular weight is 484 g/mol. The molecule has 182 valence electrons. The molecular weight excluding hydrogens is 461 g/mol. The van der Waals surface area contributed by atoms with Gasteiger partial charge in [0.1, 0.15) is 5.82 Å². The van der Waals surface area contributed by atoms with E-state index in [2.05, 4.69) is 15.3 Å². The Kier molecular flexibility index (Phi) is 6.14. The zero-order valence-corrected chi connectivity index (χ0v) is 19.0. The Hall–Kier alpha value is -3.89. The molecule has 0 saturated carbocycles. The number of piperidine rings is 1. The summed E-state index contributed by atoms with van der Waals surface area (Å²) in [4.78, 5) is 17.0. The lowest BCUT2D eigenvalue weighted by molar-refractivity contribution is 0.116. The number of carbonyl (C=O) groups excluding carboxylic acids is 1. The largest absolute Gasteiger partial charge is 0.415 e. The van der Waals surface area contributed by atoms with Gasteiger partial charge in [0.15, 0.2) is 0 Å². The zero-order chi connectivity index (χ0) is 24.5. The number of alkyl halides is 2. The van der Waals surface area contributed by atoms with Crippen molar-refractivity contribution in [3.63, 3.8) is 0 Å². The lowest BCUT2D eigenvalue weighted by Gasteiger charge is -2.33. The molecule has 1 aliphatic heterocycles. The van der Waals surface area contributed by atoms with Crippen LogP contribution in [0.25, 0.3) is 22.4 Å². The fraction of sp³-hybridized carbons (Fsp3) is 0.333. The maximum atomic E-state index is 15.2. The molecule has 0 aliphatic carbocycles. The van der Waals surface area contributed by atoms with E-state index in [1.54, 1.807) is 20.7 Å². The first kappa shape index (κ1) is 22.9. The highest BCUT2D eigenvalue weighted by molar-refractivity contribution is 6.02. The minimum atomic E-state index is -2.91. The van der Waals surface area contributed by atoms with E-state index in [0.717, 1.165) is 36.2 Å². The summed E-state index contributed by atoms with van der Waals surface area (Å²) in [6, 6.07) is 9.51. The van der Waals surface area contributed by atoms with Crippen LogP contribution < -0.4 is 4.90 Å². The molecule has 2 aromatic carbocycles. The molecular formula is C24H23F3N6O2. The van der Waals surface area contributed by atoms with Gasteiger partial charge >= 0.3 is 12.5 Å². The number of fused-ring (bicyclic) bond motifs is 1. The zero-order valence-electron chi connectivity index (χ0n) is 19.0. The third kappa shape index (κ3) is 4.45. The van der Waals surface area contributed by atoms with Crippen molar-refractivity contribution in [3.05, 3.63) is 59.9 Å². The van der Waals surface area contributed by atoms with Gasteiger partial charge in [0.2, 0.25) is 5.89 Å². The predicted molar refractivity (Wildman–Crippen MR) is 122 cm³/mol. The van der Waals surface area contributed by atoms with E-state index in [9.17, 15) is 13.6 Å². The van der Waals surface area contributed by atoms with Crippen LogP contribution in [0.4, 0.5) is 23.7 Å². The van der Waals surface area contributed by atoms with Crippen LogP contribution in [0, 0.1) is 5.82 Å². The molecule has 5 rings (SSSR count). The summed E-state index contributed by atoms with van der Waals surface area (Å²) in [6.07, 6.45) is 1.69. The number of carbonyl (C=O) groups is 1. The van der Waals surface area contributed by atoms with E-state index in [1.165, 1.54) is 12.1 Å². The van der Waals surface area contributed by atoms with Crippen molar-refractivity contribution < 1.29 is 22.4 Å². The van der Waals surface area contributed by atoms with Gasteiger partial charge in [-0.1, -0.05) is 12.1 Å². The molecule has 0 bridgehead atoms. The second kappa shape index (κ2) is 9.40. The number of benzene rings is 2. The maximum Gasteiger partial charge on any atom is 0.324 e. The molecule has 0 unspecified atom stereocenters. The molecule has 3 heterocycles. The molecule has 0 atom stereocenters. The number of aryl methyl sites for hydroxylation is 1. The first-order chi connectivity index (χ1) is 16.9. The lowest BCUT2D eigenvalue weighted by Crippen LogP contribution is -2.45. The molecule has 0 spiro atoms. The van der Waals surface area contributed by atoms with E-state index < -0.39 is 18.1 Å². The van der Waals surface area contributed by atoms with E-state index in [1.807, 2.05) is 25.2 Å². The first-order valence-electron chi connectivity index (χ1n) is 11.3. The van der Waals surface area contributed by atoms with E-state index in [0.29, 0.717) is 18.8 Å². The topological polar surface area (TPSA) is 80.3 Å². The fourth-order valence-corrected chi connectivity index (χ4v) is 4.33. The van der Waals surface area contributed by atoms with Gasteiger partial charge in [-0.25, -0.2) is 9.18 Å². The Bertz CT molecular complexity index is 1360. The first-order valence-corrected chi connectivity index (χ1v) is 11.3. The highest BCUT2D eigenvalue weighted by atomic mass is 19.3. The summed E-state index contributed by atoms with van der Waals surface area (Å²) in [5, 5.41) is 11.9. The summed E-state index contributed by atoms with van der Waals surface area (Å²) < 4.78 is 47.4. The smallest absolute Gasteiger partial charge is 0.324 e. The number of halogens is 3. The van der Waals surface area contributed by atoms with Gasteiger partial charge in [-0.15, -0.1) is 10.2 Å². The lowest BCUT2D eigenvalue weighted by atomic mass is 10.1. The van der Waals surface area contributed by atoms with E-state index >= 15 is 4.39 Å². The number of hydrogen-bond donors (Lipinski definition) is 0. The molecule has 1 saturated heterocycles. The quantitative estimate of drug-likeness (QED) is 0.383. The standard InChI is InChI=1S/C24H23F3N6O2/c1-31-19-6-5-7-20(17(19)13-28-31)33(24(34)32-10-3-2-4-11-32)14-16-9-8-15(12-18(16)25)22-29-30-23(35-22)21(26)27/h5-9,12-13,21H,2-4,10-11,14H2,1H3. The molecule has 35 heavy (non-hydrogen) atoms. The molecule has 8 nitrogen and oxygen atoms in total. The minimum Gasteiger partial charge on any atom is -0.415 e. The normalized spacial score (nSPS) is 14.1. The van der Waals surface area contributed by atoms with Crippen molar-refractivity contribution in [1.82, 2.24) is 24.9 Å². The molecule has 11 heteroatoms. The Labute approximate surface area is 198 Å². The van der Waals surface area contributed by atoms with Crippen molar-refractivity contribution in [2.75, 3.05) is 18.0 Å². The van der Waals surface area contributed by atoms with Crippen LogP contribution in [0.15, 0.2) is 47.0 Å². The second-order valence-corrected chi connectivity index (χ2v) is 8.45. The number of likely N-dealkylation sites (tertiary alicyclic amines) is 1. The molecule has 0 N–H and O–H groups in total. The Morgan fingerprint density at radius 3 is 2.66 bits per heavy atom. The number of nitrogens with zero attached hydrogens (tertiary/aromatic N) is 6. The SMILES string of the molecule is Cn1ncc2c(N(Cc3ccc(-c4nnc(C(F)F)o4)cc3F)C(=O)N3CCCCC3)cccc21. The van der Waals surface area contributed by atoms with Gasteiger partial charge in [-0.05, 0) is 43.5 Å². The Morgan fingerprint density at radius 1 is 1.14 bits per heavy atom. The van der Waals surface area contributed by atoms with Crippen molar-refractivity contribution >= 4 is 22.6 Å². The van der Waals surface area contributed by atoms with Gasteiger partial charge in [0.05, 0.1) is 23.9 Å². The highest BCUT2D eigenvalue weighted by Crippen LogP contribution is 2.31. The van der Waals surface area contributed by atoms with E-state index in [-0.39, 0.29) is 29.6 Å². The molecule has 0 radical (unpaired) electrons. The third-order valence-corrected chi connectivity index (χ3v) is 6.17. The summed E-state index contributed by atoms with van der Waals surface area (Å²) >= 11 is 0. The van der Waals surface area contributed by atoms with Crippen LogP contribution in [0.1, 0.15) is 37.1 Å². The van der Waals surface area contributed by atoms with Crippen LogP contribution in [-0.4, -0.2) is 44.0 Å². The summed E-state index contributed by atoms with van der Waals surface area (Å²) in [7, 11) is 1.82. The van der Waals surface area contributed by atoms with E-state index in [4.69, 9.17) is 4.42 Å². The minimum absolute atomic E-state index is 0.0262. The van der Waals surface area contributed by atoms with Crippen molar-refractivity contribution in [1.29, 1.82) is 0 Å². The number of rotatable bonds is 5. The van der Waals surface area contributed by atoms with Gasteiger partial charge in [-0.2, -0.15) is 13.9 Å². The number of aromatic nitrogens is 4. The Morgan fingerprint density at radius 2 is 1.94 bits per heavy atom. The number of amides is 2. The van der Waals surface area contributed by atoms with Crippen LogP contribution in [-0.2, 0) is 13.6 Å². The van der Waals surface area contributed by atoms with Crippen molar-refractivity contribution in [3.8, 4) is 11.5 Å². The van der Waals surface area contributed by atoms with Gasteiger partial charge in [0.25, 0.3) is 5.89 Å². The van der Waals surface area contributed by atoms with Crippen LogP contribution >= 0.6 is 0 Å². The van der Waals surface area contributed by atoms with Crippen molar-refractivity contribution in [2.45, 2.75) is 32.2 Å². The summed E-state index contributed by atoms with van der Waals surface area (Å²) in [6.45, 7) is 1.26. The monoisotopic (exact) mass is 484 g/mol. The summed E-state index contributed by atoms with van der Waals surface area (Å²) in [5.74, 6) is -1.64. The van der Waals surface area contributed by atoms with Crippen LogP contribution in [0.2, 0.25) is 0 Å². The van der Waals surface area contributed by atoms with Crippen molar-refractivity contribution in [2.24, 2.45) is 7.05 Å². The van der Waals surface area contributed by atoms with Gasteiger partial charge in [-0.3, -0.25) is 9.58 Å². The highest BCUT2D eigenvalue weighted by Gasteiger charge is 2.27. The van der Waals surface area contributed by atoms with Gasteiger partial charge in [0, 0.05) is 36.7 Å². The number of hydrogen-bond acceptors (Lipinski definition) is 5. The maximum absolute atomic E-state index is 15.2. The molecule has 2 aromatic heterocycles. The predicted octanol–water partition coefficient (Wildman–Crippen LogP) is 5.31. The molecule has 2 amide bonds.